The van der Waals surface area contributed by atoms with E-state index in [1.807, 2.05) is 17.0 Å². The van der Waals surface area contributed by atoms with Gasteiger partial charge in [-0.2, -0.15) is 0 Å². The van der Waals surface area contributed by atoms with E-state index in [1.54, 1.807) is 24.4 Å². The van der Waals surface area contributed by atoms with Crippen molar-refractivity contribution >= 4 is 40.2 Å². The molecule has 2 saturated heterocycles. The Morgan fingerprint density at radius 2 is 1.85 bits per heavy atom. The fraction of sp³-hybridized carbons (Fsp3) is 0.440. The predicted molar refractivity (Wildman–Crippen MR) is 129 cm³/mol. The zero-order valence-electron chi connectivity index (χ0n) is 18.9. The first-order valence-corrected chi connectivity index (χ1v) is 11.9. The van der Waals surface area contributed by atoms with Crippen LogP contribution in [0.15, 0.2) is 36.5 Å². The van der Waals surface area contributed by atoms with E-state index >= 15 is 0 Å². The highest BCUT2D eigenvalue weighted by molar-refractivity contribution is 6.45. The largest absolute Gasteiger partial charge is 0.379 e. The van der Waals surface area contributed by atoms with Gasteiger partial charge in [-0.1, -0.05) is 31.5 Å². The molecule has 8 heteroatoms. The molecule has 2 N–H and O–H groups in total. The fourth-order valence-corrected chi connectivity index (χ4v) is 5.87. The predicted octanol–water partition coefficient (Wildman–Crippen LogP) is 3.35. The Morgan fingerprint density at radius 1 is 1.12 bits per heavy atom. The smallest absolute Gasteiger partial charge is 0.257 e. The molecule has 3 aliphatic rings. The summed E-state index contributed by atoms with van der Waals surface area (Å²) >= 11 is 6.13. The lowest BCUT2D eigenvalue weighted by Crippen LogP contribution is -2.58. The third-order valence-electron chi connectivity index (χ3n) is 6.99. The second-order valence-corrected chi connectivity index (χ2v) is 9.72. The van der Waals surface area contributed by atoms with Crippen molar-refractivity contribution in [3.05, 3.63) is 52.8 Å². The monoisotopic (exact) mass is 468 g/mol. The van der Waals surface area contributed by atoms with Gasteiger partial charge in [-0.25, -0.2) is 0 Å². The summed E-state index contributed by atoms with van der Waals surface area (Å²) < 4.78 is 5.53. The van der Waals surface area contributed by atoms with Crippen molar-refractivity contribution in [3.8, 4) is 0 Å². The molecule has 2 amide bonds. The second-order valence-electron chi connectivity index (χ2n) is 9.28. The number of carbonyl (C=O) groups is 2. The highest BCUT2D eigenvalue weighted by atomic mass is 35.5. The second kappa shape index (κ2) is 8.97. The first kappa shape index (κ1) is 22.2. The number of rotatable bonds is 3. The molecule has 0 saturated carbocycles. The molecule has 5 rings (SSSR count). The Bertz CT molecular complexity index is 1080. The molecule has 7 nitrogen and oxygen atoms in total. The van der Waals surface area contributed by atoms with Crippen LogP contribution in [0.1, 0.15) is 25.1 Å². The lowest BCUT2D eigenvalue weighted by molar-refractivity contribution is -0.130. The van der Waals surface area contributed by atoms with Crippen molar-refractivity contribution in [3.63, 3.8) is 0 Å². The van der Waals surface area contributed by atoms with Crippen molar-refractivity contribution in [1.29, 1.82) is 0 Å². The van der Waals surface area contributed by atoms with Gasteiger partial charge in [0.1, 0.15) is 0 Å². The highest BCUT2D eigenvalue weighted by Gasteiger charge is 2.40. The molecule has 2 atom stereocenters. The number of amides is 2. The number of hydrogen-bond donors (Lipinski definition) is 2. The maximum atomic E-state index is 14.0. The van der Waals surface area contributed by atoms with Gasteiger partial charge in [0.25, 0.3) is 11.8 Å². The number of morpholine rings is 1. The minimum atomic E-state index is -0.283. The Kier molecular flexibility index (Phi) is 6.03. The number of hydrogen-bond acceptors (Lipinski definition) is 4. The van der Waals surface area contributed by atoms with E-state index < -0.39 is 0 Å². The molecule has 3 aliphatic heterocycles. The maximum absolute atomic E-state index is 14.0. The van der Waals surface area contributed by atoms with Crippen LogP contribution in [-0.2, 0) is 14.3 Å². The minimum Gasteiger partial charge on any atom is -0.379 e. The van der Waals surface area contributed by atoms with Gasteiger partial charge in [0, 0.05) is 49.0 Å². The molecular formula is C25H29ClN4O3. The molecule has 174 valence electrons. The lowest BCUT2D eigenvalue weighted by atomic mass is 9.83. The molecule has 0 spiro atoms. The van der Waals surface area contributed by atoms with Crippen LogP contribution in [0, 0.1) is 11.8 Å². The number of ether oxygens (including phenoxy) is 1. The highest BCUT2D eigenvalue weighted by Crippen LogP contribution is 2.39. The van der Waals surface area contributed by atoms with Crippen molar-refractivity contribution in [2.75, 3.05) is 44.7 Å². The molecule has 0 radical (unpaired) electrons. The summed E-state index contributed by atoms with van der Waals surface area (Å²) in [5.41, 5.74) is 2.77. The molecule has 2 fully saturated rings. The Morgan fingerprint density at radius 3 is 2.52 bits per heavy atom. The molecule has 33 heavy (non-hydrogen) atoms. The van der Waals surface area contributed by atoms with Gasteiger partial charge in [0.2, 0.25) is 0 Å². The van der Waals surface area contributed by atoms with E-state index in [0.29, 0.717) is 64.1 Å². The van der Waals surface area contributed by atoms with Crippen LogP contribution in [0.25, 0.3) is 11.1 Å². The van der Waals surface area contributed by atoms with Crippen LogP contribution >= 0.6 is 11.6 Å². The van der Waals surface area contributed by atoms with Gasteiger partial charge in [0.05, 0.1) is 35.7 Å². The van der Waals surface area contributed by atoms with Crippen molar-refractivity contribution in [2.24, 2.45) is 11.8 Å². The molecule has 0 aliphatic carbocycles. The summed E-state index contributed by atoms with van der Waals surface area (Å²) in [6.07, 6.45) is 1.77. The third kappa shape index (κ3) is 4.09. The van der Waals surface area contributed by atoms with Gasteiger partial charge in [-0.3, -0.25) is 14.5 Å². The van der Waals surface area contributed by atoms with Crippen LogP contribution in [0.3, 0.4) is 0 Å². The number of anilines is 1. The summed E-state index contributed by atoms with van der Waals surface area (Å²) in [6, 6.07) is 9.36. The molecule has 1 aromatic carbocycles. The van der Waals surface area contributed by atoms with Crippen LogP contribution in [-0.4, -0.2) is 72.0 Å². The van der Waals surface area contributed by atoms with Crippen LogP contribution in [0.4, 0.5) is 5.69 Å². The number of fused-ring (bicyclic) bond motifs is 1. The normalized spacial score (nSPS) is 27.3. The molecule has 1 aromatic heterocycles. The number of piperidine rings is 1. The topological polar surface area (TPSA) is 77.7 Å². The average molecular weight is 469 g/mol. The van der Waals surface area contributed by atoms with E-state index in [-0.39, 0.29) is 11.8 Å². The Hall–Kier alpha value is -2.61. The number of halogens is 1. The quantitative estimate of drug-likeness (QED) is 0.677. The number of carbonyl (C=O) groups excluding carboxylic acids is 2. The van der Waals surface area contributed by atoms with Gasteiger partial charge in [-0.15, -0.1) is 0 Å². The standard InChI is InChI=1S/C25H29ClN4O3/c1-15-13-30(14-16(2)23(15)29-8-10-33-11-9-29)25(32)22(19-4-3-7-27-19)21-18-6-5-17(26)12-20(18)28-24(21)31/h3-7,12,15-16,23,27H,8-11,13-14H2,1-2H3,(H,28,31)/b22-21-. The lowest BCUT2D eigenvalue weighted by Gasteiger charge is -2.47. The Labute approximate surface area is 198 Å². The summed E-state index contributed by atoms with van der Waals surface area (Å²) in [6.45, 7) is 9.14. The Balaban J connectivity index is 1.49. The number of H-pyrrole nitrogens is 1. The van der Waals surface area contributed by atoms with Gasteiger partial charge in [-0.05, 0) is 36.1 Å². The van der Waals surface area contributed by atoms with Crippen molar-refractivity contribution in [1.82, 2.24) is 14.8 Å². The molecule has 4 heterocycles. The molecule has 0 bridgehead atoms. The number of likely N-dealkylation sites (tertiary alicyclic amines) is 1. The summed E-state index contributed by atoms with van der Waals surface area (Å²) in [7, 11) is 0. The number of nitrogens with zero attached hydrogens (tertiary/aromatic N) is 2. The van der Waals surface area contributed by atoms with Crippen molar-refractivity contribution < 1.29 is 14.3 Å². The first-order valence-electron chi connectivity index (χ1n) is 11.5. The SMILES string of the molecule is CC1CN(C(=O)/C(=C2\C(=O)Nc3cc(Cl)ccc32)c2ccc[nH]2)CC(C)C1N1CCOCC1. The van der Waals surface area contributed by atoms with E-state index in [9.17, 15) is 9.59 Å². The van der Waals surface area contributed by atoms with E-state index in [1.165, 1.54) is 0 Å². The fourth-order valence-electron chi connectivity index (χ4n) is 5.70. The van der Waals surface area contributed by atoms with Crippen LogP contribution < -0.4 is 5.32 Å². The minimum absolute atomic E-state index is 0.121. The summed E-state index contributed by atoms with van der Waals surface area (Å²) in [4.78, 5) is 34.6. The molecule has 2 aromatic rings. The number of aromatic amines is 1. The zero-order valence-corrected chi connectivity index (χ0v) is 19.7. The van der Waals surface area contributed by atoms with E-state index in [0.717, 1.165) is 26.3 Å². The first-order chi connectivity index (χ1) is 15.9. The van der Waals surface area contributed by atoms with E-state index in [2.05, 4.69) is 29.0 Å². The van der Waals surface area contributed by atoms with Crippen LogP contribution in [0.5, 0.6) is 0 Å². The number of nitrogens with one attached hydrogen (secondary N) is 2. The van der Waals surface area contributed by atoms with Gasteiger partial charge >= 0.3 is 0 Å². The van der Waals surface area contributed by atoms with Gasteiger partial charge in [0.15, 0.2) is 0 Å². The molecular weight excluding hydrogens is 440 g/mol. The summed E-state index contributed by atoms with van der Waals surface area (Å²) in [5, 5.41) is 3.41. The average Bonchev–Trinajstić information content (AvgIpc) is 3.42. The number of aromatic nitrogens is 1. The molecule has 2 unspecified atom stereocenters. The number of benzene rings is 1. The van der Waals surface area contributed by atoms with Crippen LogP contribution in [0.2, 0.25) is 5.02 Å². The summed E-state index contributed by atoms with van der Waals surface area (Å²) in [5.74, 6) is 0.224. The maximum Gasteiger partial charge on any atom is 0.257 e. The van der Waals surface area contributed by atoms with Crippen molar-refractivity contribution in [2.45, 2.75) is 19.9 Å². The third-order valence-corrected chi connectivity index (χ3v) is 7.23. The van der Waals surface area contributed by atoms with E-state index in [4.69, 9.17) is 16.3 Å². The van der Waals surface area contributed by atoms with Gasteiger partial charge < -0.3 is 19.9 Å². The zero-order chi connectivity index (χ0) is 23.1.